The van der Waals surface area contributed by atoms with E-state index in [-0.39, 0.29) is 5.82 Å². The fraction of sp³-hybridized carbons (Fsp3) is 0.136. The van der Waals surface area contributed by atoms with Crippen molar-refractivity contribution in [2.24, 2.45) is 0 Å². The molecule has 5 nitrogen and oxygen atoms in total. The van der Waals surface area contributed by atoms with Crippen LogP contribution in [0, 0.1) is 5.82 Å². The van der Waals surface area contributed by atoms with Crippen LogP contribution in [-0.4, -0.2) is 23.6 Å². The zero-order valence-corrected chi connectivity index (χ0v) is 15.6. The van der Waals surface area contributed by atoms with E-state index in [1.165, 1.54) is 12.1 Å². The molecule has 2 heterocycles. The first-order chi connectivity index (χ1) is 13.7. The highest BCUT2D eigenvalue weighted by molar-refractivity contribution is 5.76. The monoisotopic (exact) mass is 377 g/mol. The van der Waals surface area contributed by atoms with Crippen molar-refractivity contribution in [2.75, 3.05) is 19.5 Å². The molecule has 0 amide bonds. The Morgan fingerprint density at radius 1 is 0.964 bits per heavy atom. The zero-order chi connectivity index (χ0) is 19.5. The molecule has 0 spiro atoms. The number of rotatable bonds is 6. The highest BCUT2D eigenvalue weighted by Crippen LogP contribution is 2.33. The van der Waals surface area contributed by atoms with Crippen molar-refractivity contribution in [1.82, 2.24) is 9.38 Å². The number of nitrogens with one attached hydrogen (secondary N) is 1. The molecule has 0 saturated heterocycles. The maximum absolute atomic E-state index is 13.4. The summed E-state index contributed by atoms with van der Waals surface area (Å²) in [6.45, 7) is 0.511. The van der Waals surface area contributed by atoms with Gasteiger partial charge in [-0.25, -0.2) is 9.37 Å². The molecule has 6 heteroatoms. The van der Waals surface area contributed by atoms with Crippen molar-refractivity contribution in [3.05, 3.63) is 78.2 Å². The summed E-state index contributed by atoms with van der Waals surface area (Å²) in [7, 11) is 3.24. The van der Waals surface area contributed by atoms with E-state index in [4.69, 9.17) is 14.5 Å². The van der Waals surface area contributed by atoms with Gasteiger partial charge in [-0.3, -0.25) is 4.40 Å². The van der Waals surface area contributed by atoms with Crippen molar-refractivity contribution in [2.45, 2.75) is 6.54 Å². The zero-order valence-electron chi connectivity index (χ0n) is 15.6. The van der Waals surface area contributed by atoms with Gasteiger partial charge in [0.15, 0.2) is 11.5 Å². The van der Waals surface area contributed by atoms with E-state index in [1.54, 1.807) is 26.4 Å². The number of anilines is 1. The minimum atomic E-state index is -0.275. The Balaban J connectivity index is 1.74. The van der Waals surface area contributed by atoms with Gasteiger partial charge in [-0.1, -0.05) is 18.2 Å². The van der Waals surface area contributed by atoms with Crippen LogP contribution < -0.4 is 14.8 Å². The molecule has 0 fully saturated rings. The second-order valence-electron chi connectivity index (χ2n) is 6.25. The quantitative estimate of drug-likeness (QED) is 0.526. The maximum atomic E-state index is 13.4. The first kappa shape index (κ1) is 17.9. The Bertz CT molecular complexity index is 1110. The number of halogens is 1. The molecule has 0 aliphatic rings. The third-order valence-electron chi connectivity index (χ3n) is 4.58. The van der Waals surface area contributed by atoms with Gasteiger partial charge >= 0.3 is 0 Å². The van der Waals surface area contributed by atoms with Crippen molar-refractivity contribution in [3.8, 4) is 22.8 Å². The van der Waals surface area contributed by atoms with Crippen molar-refractivity contribution >= 4 is 11.5 Å². The number of pyridine rings is 1. The molecular weight excluding hydrogens is 357 g/mol. The molecule has 0 saturated carbocycles. The van der Waals surface area contributed by atoms with Crippen LogP contribution in [0.4, 0.5) is 10.2 Å². The molecule has 0 aliphatic heterocycles. The van der Waals surface area contributed by atoms with Crippen LogP contribution in [0.1, 0.15) is 5.56 Å². The summed E-state index contributed by atoms with van der Waals surface area (Å²) in [5.41, 5.74) is 3.36. The Hall–Kier alpha value is -3.54. The van der Waals surface area contributed by atoms with E-state index in [0.717, 1.165) is 28.3 Å². The minimum Gasteiger partial charge on any atom is -0.493 e. The lowest BCUT2D eigenvalue weighted by atomic mass is 10.1. The van der Waals surface area contributed by atoms with E-state index >= 15 is 0 Å². The first-order valence-corrected chi connectivity index (χ1v) is 8.88. The third-order valence-corrected chi connectivity index (χ3v) is 4.58. The van der Waals surface area contributed by atoms with Gasteiger partial charge in [0.1, 0.15) is 23.0 Å². The Kier molecular flexibility index (Phi) is 4.85. The number of methoxy groups -OCH3 is 2. The molecule has 4 rings (SSSR count). The predicted octanol–water partition coefficient (Wildman–Crippen LogP) is 4.77. The van der Waals surface area contributed by atoms with E-state index in [9.17, 15) is 4.39 Å². The van der Waals surface area contributed by atoms with Crippen LogP contribution in [0.3, 0.4) is 0 Å². The molecule has 1 N–H and O–H groups in total. The average molecular weight is 377 g/mol. The average Bonchev–Trinajstić information content (AvgIpc) is 3.10. The molecule has 28 heavy (non-hydrogen) atoms. The van der Waals surface area contributed by atoms with Crippen LogP contribution in [0.2, 0.25) is 0 Å². The molecule has 0 aliphatic carbocycles. The summed E-state index contributed by atoms with van der Waals surface area (Å²) in [6.07, 6.45) is 1.94. The van der Waals surface area contributed by atoms with E-state index in [2.05, 4.69) is 5.32 Å². The molecule has 2 aromatic heterocycles. The number of benzene rings is 2. The number of nitrogens with zero attached hydrogens (tertiary/aromatic N) is 2. The third kappa shape index (κ3) is 3.24. The predicted molar refractivity (Wildman–Crippen MR) is 107 cm³/mol. The number of fused-ring (bicyclic) bond motifs is 1. The van der Waals surface area contributed by atoms with E-state index in [1.807, 2.05) is 47.0 Å². The topological polar surface area (TPSA) is 47.8 Å². The van der Waals surface area contributed by atoms with Gasteiger partial charge in [-0.05, 0) is 42.5 Å². The molecule has 4 aromatic rings. The molecule has 0 bridgehead atoms. The fourth-order valence-electron chi connectivity index (χ4n) is 3.25. The summed E-state index contributed by atoms with van der Waals surface area (Å²) in [5, 5.41) is 3.46. The summed E-state index contributed by atoms with van der Waals surface area (Å²) in [6, 6.07) is 17.9. The summed E-state index contributed by atoms with van der Waals surface area (Å²) >= 11 is 0. The lowest BCUT2D eigenvalue weighted by molar-refractivity contribution is 0.352. The first-order valence-electron chi connectivity index (χ1n) is 8.88. The second kappa shape index (κ2) is 7.60. The van der Waals surface area contributed by atoms with Gasteiger partial charge in [0.2, 0.25) is 0 Å². The van der Waals surface area contributed by atoms with Gasteiger partial charge in [0.25, 0.3) is 0 Å². The molecule has 142 valence electrons. The normalized spacial score (nSPS) is 10.8. The standard InChI is InChI=1S/C22H20FN3O2/c1-27-18-7-5-6-16(21(18)28-2)14-24-22-20(15-9-11-17(23)12-10-15)25-19-8-3-4-13-26(19)22/h3-13,24H,14H2,1-2H3. The van der Waals surface area contributed by atoms with E-state index < -0.39 is 0 Å². The number of ether oxygens (including phenoxy) is 2. The van der Waals surface area contributed by atoms with Crippen molar-refractivity contribution < 1.29 is 13.9 Å². The van der Waals surface area contributed by atoms with Crippen molar-refractivity contribution in [1.29, 1.82) is 0 Å². The van der Waals surface area contributed by atoms with Crippen LogP contribution in [0.15, 0.2) is 66.9 Å². The van der Waals surface area contributed by atoms with E-state index in [0.29, 0.717) is 18.0 Å². The molecule has 0 unspecified atom stereocenters. The largest absolute Gasteiger partial charge is 0.493 e. The van der Waals surface area contributed by atoms with Crippen molar-refractivity contribution in [3.63, 3.8) is 0 Å². The number of hydrogen-bond acceptors (Lipinski definition) is 4. The SMILES string of the molecule is COc1cccc(CNc2c(-c3ccc(F)cc3)nc3ccccn23)c1OC. The van der Waals surface area contributed by atoms with Gasteiger partial charge in [-0.2, -0.15) is 0 Å². The summed E-state index contributed by atoms with van der Waals surface area (Å²) in [5.74, 6) is 1.92. The number of hydrogen-bond donors (Lipinski definition) is 1. The summed E-state index contributed by atoms with van der Waals surface area (Å²) in [4.78, 5) is 4.72. The number of para-hydroxylation sites is 1. The molecular formula is C22H20FN3O2. The lowest BCUT2D eigenvalue weighted by Crippen LogP contribution is -2.05. The van der Waals surface area contributed by atoms with Crippen LogP contribution >= 0.6 is 0 Å². The number of aromatic nitrogens is 2. The van der Waals surface area contributed by atoms with Gasteiger partial charge in [-0.15, -0.1) is 0 Å². The van der Waals surface area contributed by atoms with Crippen LogP contribution in [0.5, 0.6) is 11.5 Å². The van der Waals surface area contributed by atoms with Gasteiger partial charge in [0.05, 0.1) is 14.2 Å². The smallest absolute Gasteiger partial charge is 0.165 e. The van der Waals surface area contributed by atoms with Gasteiger partial charge in [0, 0.05) is 23.9 Å². The minimum absolute atomic E-state index is 0.275. The summed E-state index contributed by atoms with van der Waals surface area (Å²) < 4.78 is 26.2. The molecule has 0 radical (unpaired) electrons. The second-order valence-corrected chi connectivity index (χ2v) is 6.25. The van der Waals surface area contributed by atoms with Gasteiger partial charge < -0.3 is 14.8 Å². The fourth-order valence-corrected chi connectivity index (χ4v) is 3.25. The lowest BCUT2D eigenvalue weighted by Gasteiger charge is -2.14. The molecule has 2 aromatic carbocycles. The number of imidazole rings is 1. The Labute approximate surface area is 162 Å². The highest BCUT2D eigenvalue weighted by Gasteiger charge is 2.15. The van der Waals surface area contributed by atoms with Crippen LogP contribution in [-0.2, 0) is 6.54 Å². The van der Waals surface area contributed by atoms with Crippen LogP contribution in [0.25, 0.3) is 16.9 Å². The Morgan fingerprint density at radius 3 is 2.54 bits per heavy atom. The Morgan fingerprint density at radius 2 is 1.79 bits per heavy atom. The molecule has 0 atom stereocenters. The highest BCUT2D eigenvalue weighted by atomic mass is 19.1. The maximum Gasteiger partial charge on any atom is 0.165 e.